The summed E-state index contributed by atoms with van der Waals surface area (Å²) in [5.74, 6) is -0.268. The fourth-order valence-corrected chi connectivity index (χ4v) is 5.24. The average Bonchev–Trinajstić information content (AvgIpc) is 3.19. The number of carbonyl (C=O) groups excluding carboxylic acids is 2. The number of hydrogen-bond acceptors (Lipinski definition) is 2. The maximum atomic E-state index is 12.8. The van der Waals surface area contributed by atoms with E-state index in [0.29, 0.717) is 0 Å². The van der Waals surface area contributed by atoms with Gasteiger partial charge in [0.1, 0.15) is 0 Å². The highest BCUT2D eigenvalue weighted by molar-refractivity contribution is 6.13. The van der Waals surface area contributed by atoms with Crippen molar-refractivity contribution >= 4 is 11.8 Å². The summed E-state index contributed by atoms with van der Waals surface area (Å²) in [5.41, 5.74) is 3.96. The number of aryl methyl sites for hydroxylation is 1. The molecule has 0 unspecified atom stereocenters. The third-order valence-electron chi connectivity index (χ3n) is 6.64. The van der Waals surface area contributed by atoms with Crippen molar-refractivity contribution in [2.75, 3.05) is 0 Å². The van der Waals surface area contributed by atoms with Crippen LogP contribution < -0.4 is 0 Å². The summed E-state index contributed by atoms with van der Waals surface area (Å²) in [4.78, 5) is 27.1. The molecular weight excluding hydrogens is 346 g/mol. The van der Waals surface area contributed by atoms with Crippen LogP contribution in [0.3, 0.4) is 0 Å². The Morgan fingerprint density at radius 3 is 2.11 bits per heavy atom. The van der Waals surface area contributed by atoms with Crippen LogP contribution >= 0.6 is 0 Å². The fraction of sp³-hybridized carbons (Fsp3) is 0.600. The van der Waals surface area contributed by atoms with Crippen LogP contribution in [0.4, 0.5) is 0 Å². The van der Waals surface area contributed by atoms with Crippen molar-refractivity contribution in [1.29, 1.82) is 0 Å². The summed E-state index contributed by atoms with van der Waals surface area (Å²) in [7, 11) is 0. The highest BCUT2D eigenvalue weighted by atomic mass is 16.2. The Labute approximate surface area is 170 Å². The third-order valence-corrected chi connectivity index (χ3v) is 6.64. The lowest BCUT2D eigenvalue weighted by molar-refractivity contribution is -0.143. The Morgan fingerprint density at radius 2 is 1.54 bits per heavy atom. The molecule has 0 saturated carbocycles. The van der Waals surface area contributed by atoms with Crippen LogP contribution in [0, 0.1) is 5.41 Å². The second kappa shape index (κ2) is 9.07. The van der Waals surface area contributed by atoms with E-state index in [1.54, 1.807) is 4.90 Å². The van der Waals surface area contributed by atoms with E-state index >= 15 is 0 Å². The Balaban J connectivity index is 2.11. The predicted molar refractivity (Wildman–Crippen MR) is 114 cm³/mol. The molecule has 28 heavy (non-hydrogen) atoms. The van der Waals surface area contributed by atoms with Crippen LogP contribution in [0.2, 0.25) is 0 Å². The first-order valence-electron chi connectivity index (χ1n) is 11.2. The van der Waals surface area contributed by atoms with Gasteiger partial charge in [0.25, 0.3) is 11.8 Å². The van der Waals surface area contributed by atoms with Crippen LogP contribution in [0.5, 0.6) is 0 Å². The number of hydrogen-bond donors (Lipinski definition) is 0. The molecule has 0 N–H and O–H groups in total. The molecule has 152 valence electrons. The van der Waals surface area contributed by atoms with Crippen molar-refractivity contribution in [3.8, 4) is 0 Å². The van der Waals surface area contributed by atoms with E-state index < -0.39 is 0 Å². The summed E-state index contributed by atoms with van der Waals surface area (Å²) in [6.45, 7) is 6.67. The van der Waals surface area contributed by atoms with Crippen LogP contribution in [-0.4, -0.2) is 16.7 Å². The molecule has 0 bridgehead atoms. The number of fused-ring (bicyclic) bond motifs is 1. The molecule has 3 nitrogen and oxygen atoms in total. The zero-order valence-corrected chi connectivity index (χ0v) is 17.8. The van der Waals surface area contributed by atoms with Crippen LogP contribution in [-0.2, 0) is 22.4 Å². The highest BCUT2D eigenvalue weighted by Gasteiger charge is 2.51. The molecule has 0 aromatic heterocycles. The average molecular weight is 382 g/mol. The van der Waals surface area contributed by atoms with Crippen molar-refractivity contribution < 1.29 is 9.59 Å². The summed E-state index contributed by atoms with van der Waals surface area (Å²) >= 11 is 0. The van der Waals surface area contributed by atoms with Gasteiger partial charge in [-0.1, -0.05) is 71.1 Å². The molecule has 3 rings (SSSR count). The monoisotopic (exact) mass is 381 g/mol. The number of rotatable bonds is 10. The van der Waals surface area contributed by atoms with Gasteiger partial charge in [-0.15, -0.1) is 0 Å². The second-order valence-corrected chi connectivity index (χ2v) is 8.62. The minimum absolute atomic E-state index is 0.0198. The standard InChI is InChI=1S/C25H35NO2/c1-4-7-11-19-12-10-13-20-18-25(16-8-5-2,17-9-6-3)24(23(19)20)26-21(27)14-15-22(26)28/h10,12-15,24H,4-9,11,16-18H2,1-3H3/t24-/m1/s1. The molecule has 0 spiro atoms. The first-order valence-corrected chi connectivity index (χ1v) is 11.2. The van der Waals surface area contributed by atoms with Crippen LogP contribution in [0.1, 0.15) is 94.9 Å². The quantitative estimate of drug-likeness (QED) is 0.472. The van der Waals surface area contributed by atoms with Crippen molar-refractivity contribution in [1.82, 2.24) is 4.90 Å². The van der Waals surface area contributed by atoms with E-state index in [2.05, 4.69) is 39.0 Å². The lowest BCUT2D eigenvalue weighted by Gasteiger charge is -2.41. The minimum atomic E-state index is -0.134. The molecule has 2 aliphatic rings. The SMILES string of the molecule is CCCCc1cccc2c1[C@@H](N1C(=O)C=CC1=O)C(CCCC)(CCCC)C2. The van der Waals surface area contributed by atoms with E-state index in [9.17, 15) is 9.59 Å². The van der Waals surface area contributed by atoms with Crippen LogP contribution in [0.15, 0.2) is 30.4 Å². The van der Waals surface area contributed by atoms with E-state index in [0.717, 1.165) is 64.2 Å². The number of imide groups is 1. The summed E-state index contributed by atoms with van der Waals surface area (Å²) in [6, 6.07) is 6.51. The van der Waals surface area contributed by atoms with E-state index in [1.165, 1.54) is 28.8 Å². The number of carbonyl (C=O) groups is 2. The highest BCUT2D eigenvalue weighted by Crippen LogP contribution is 2.56. The van der Waals surface area contributed by atoms with Gasteiger partial charge in [-0.2, -0.15) is 0 Å². The normalized spacial score (nSPS) is 20.2. The van der Waals surface area contributed by atoms with Gasteiger partial charge < -0.3 is 0 Å². The Hall–Kier alpha value is -1.90. The zero-order chi connectivity index (χ0) is 20.1. The number of amides is 2. The number of unbranched alkanes of at least 4 members (excludes halogenated alkanes) is 3. The Morgan fingerprint density at radius 1 is 0.929 bits per heavy atom. The first-order chi connectivity index (χ1) is 13.6. The van der Waals surface area contributed by atoms with Gasteiger partial charge in [-0.25, -0.2) is 0 Å². The third kappa shape index (κ3) is 3.81. The maximum absolute atomic E-state index is 12.8. The zero-order valence-electron chi connectivity index (χ0n) is 17.8. The van der Waals surface area contributed by atoms with Crippen molar-refractivity contribution in [2.45, 2.75) is 91.0 Å². The molecular formula is C25H35NO2. The van der Waals surface area contributed by atoms with Gasteiger partial charge in [-0.05, 0) is 54.2 Å². The summed E-state index contributed by atoms with van der Waals surface area (Å²) in [6.07, 6.45) is 13.9. The number of nitrogens with zero attached hydrogens (tertiary/aromatic N) is 1. The lowest BCUT2D eigenvalue weighted by atomic mass is 9.71. The molecule has 2 amide bonds. The Bertz CT molecular complexity index is 723. The maximum Gasteiger partial charge on any atom is 0.254 e. The molecule has 1 aromatic rings. The first kappa shape index (κ1) is 20.8. The van der Waals surface area contributed by atoms with E-state index in [4.69, 9.17) is 0 Å². The van der Waals surface area contributed by atoms with Crippen molar-refractivity contribution in [3.05, 3.63) is 47.0 Å². The van der Waals surface area contributed by atoms with Gasteiger partial charge in [0.15, 0.2) is 0 Å². The topological polar surface area (TPSA) is 37.4 Å². The Kier molecular flexibility index (Phi) is 6.74. The van der Waals surface area contributed by atoms with Gasteiger partial charge in [-0.3, -0.25) is 14.5 Å². The van der Waals surface area contributed by atoms with Crippen molar-refractivity contribution in [2.24, 2.45) is 5.41 Å². The van der Waals surface area contributed by atoms with Gasteiger partial charge in [0.05, 0.1) is 6.04 Å². The molecule has 0 saturated heterocycles. The smallest absolute Gasteiger partial charge is 0.254 e. The van der Waals surface area contributed by atoms with Crippen molar-refractivity contribution in [3.63, 3.8) is 0 Å². The molecule has 0 fully saturated rings. The molecule has 1 aliphatic carbocycles. The number of benzene rings is 1. The largest absolute Gasteiger partial charge is 0.269 e. The minimum Gasteiger partial charge on any atom is -0.269 e. The van der Waals surface area contributed by atoms with Gasteiger partial charge >= 0.3 is 0 Å². The van der Waals surface area contributed by atoms with Crippen LogP contribution in [0.25, 0.3) is 0 Å². The predicted octanol–water partition coefficient (Wildman–Crippen LogP) is 5.92. The molecule has 1 atom stereocenters. The summed E-state index contributed by atoms with van der Waals surface area (Å²) in [5, 5.41) is 0. The fourth-order valence-electron chi connectivity index (χ4n) is 5.24. The molecule has 1 heterocycles. The lowest BCUT2D eigenvalue weighted by Crippen LogP contribution is -2.43. The molecule has 1 aromatic carbocycles. The van der Waals surface area contributed by atoms with Gasteiger partial charge in [0.2, 0.25) is 0 Å². The van der Waals surface area contributed by atoms with Gasteiger partial charge in [0, 0.05) is 12.2 Å². The molecule has 0 radical (unpaired) electrons. The van der Waals surface area contributed by atoms with E-state index in [-0.39, 0.29) is 23.3 Å². The van der Waals surface area contributed by atoms with E-state index in [1.807, 2.05) is 0 Å². The summed E-state index contributed by atoms with van der Waals surface area (Å²) < 4.78 is 0. The second-order valence-electron chi connectivity index (χ2n) is 8.62. The molecule has 1 aliphatic heterocycles. The molecule has 3 heteroatoms.